The van der Waals surface area contributed by atoms with Gasteiger partial charge in [0, 0.05) is 5.39 Å². The molecule has 2 nitrogen and oxygen atoms in total. The van der Waals surface area contributed by atoms with Gasteiger partial charge < -0.3 is 4.52 Å². The molecule has 0 spiro atoms. The van der Waals surface area contributed by atoms with Gasteiger partial charge in [-0.3, -0.25) is 0 Å². The molecule has 0 amide bonds. The molecule has 0 aliphatic rings. The molecule has 0 aliphatic heterocycles. The zero-order chi connectivity index (χ0) is 9.47. The summed E-state index contributed by atoms with van der Waals surface area (Å²) in [5.74, 6) is 0. The Morgan fingerprint density at radius 3 is 2.69 bits per heavy atom. The van der Waals surface area contributed by atoms with Crippen LogP contribution in [-0.2, 0) is 5.41 Å². The maximum atomic E-state index is 5.10. The molecular formula is C11H13NO. The second kappa shape index (κ2) is 2.59. The molecule has 1 aromatic heterocycles. The van der Waals surface area contributed by atoms with E-state index in [1.165, 1.54) is 5.56 Å². The molecule has 0 saturated carbocycles. The lowest BCUT2D eigenvalue weighted by molar-refractivity contribution is 0.455. The van der Waals surface area contributed by atoms with Gasteiger partial charge in [-0.05, 0) is 23.1 Å². The molecule has 0 atom stereocenters. The number of fused-ring (bicyclic) bond motifs is 1. The second-order valence-electron chi connectivity index (χ2n) is 4.33. The van der Waals surface area contributed by atoms with Crippen molar-refractivity contribution in [2.75, 3.05) is 0 Å². The highest BCUT2D eigenvalue weighted by Crippen LogP contribution is 2.25. The third kappa shape index (κ3) is 1.44. The van der Waals surface area contributed by atoms with Gasteiger partial charge in [0.2, 0.25) is 0 Å². The Bertz CT molecular complexity index is 423. The third-order valence-corrected chi connectivity index (χ3v) is 2.22. The summed E-state index contributed by atoms with van der Waals surface area (Å²) in [4.78, 5) is 0. The molecule has 0 fully saturated rings. The van der Waals surface area contributed by atoms with Crippen LogP contribution < -0.4 is 0 Å². The Morgan fingerprint density at radius 2 is 2.00 bits per heavy atom. The molecule has 0 bridgehead atoms. The normalized spacial score (nSPS) is 12.2. The van der Waals surface area contributed by atoms with Gasteiger partial charge in [-0.15, -0.1) is 0 Å². The van der Waals surface area contributed by atoms with Crippen molar-refractivity contribution in [2.24, 2.45) is 0 Å². The highest BCUT2D eigenvalue weighted by molar-refractivity contribution is 5.76. The van der Waals surface area contributed by atoms with E-state index in [1.807, 2.05) is 6.07 Å². The van der Waals surface area contributed by atoms with Crippen LogP contribution in [0, 0.1) is 0 Å². The summed E-state index contributed by atoms with van der Waals surface area (Å²) in [7, 11) is 0. The molecule has 1 aromatic carbocycles. The molecule has 1 heterocycles. The van der Waals surface area contributed by atoms with E-state index in [2.05, 4.69) is 38.1 Å². The quantitative estimate of drug-likeness (QED) is 0.614. The summed E-state index contributed by atoms with van der Waals surface area (Å²) >= 11 is 0. The maximum absolute atomic E-state index is 5.10. The molecule has 68 valence electrons. The van der Waals surface area contributed by atoms with Crippen LogP contribution in [0.25, 0.3) is 11.0 Å². The van der Waals surface area contributed by atoms with Crippen molar-refractivity contribution in [2.45, 2.75) is 26.2 Å². The molecule has 13 heavy (non-hydrogen) atoms. The monoisotopic (exact) mass is 175 g/mol. The Kier molecular flexibility index (Phi) is 1.65. The first kappa shape index (κ1) is 8.30. The number of aromatic nitrogens is 1. The third-order valence-electron chi connectivity index (χ3n) is 2.22. The van der Waals surface area contributed by atoms with Crippen molar-refractivity contribution in [1.29, 1.82) is 0 Å². The van der Waals surface area contributed by atoms with Crippen LogP contribution in [0.1, 0.15) is 26.3 Å². The van der Waals surface area contributed by atoms with Gasteiger partial charge in [-0.25, -0.2) is 0 Å². The summed E-state index contributed by atoms with van der Waals surface area (Å²) in [6, 6.07) is 6.23. The van der Waals surface area contributed by atoms with E-state index in [1.54, 1.807) is 6.20 Å². The zero-order valence-corrected chi connectivity index (χ0v) is 8.16. The van der Waals surface area contributed by atoms with Crippen molar-refractivity contribution >= 4 is 11.0 Å². The van der Waals surface area contributed by atoms with Gasteiger partial charge in [0.25, 0.3) is 0 Å². The molecule has 0 N–H and O–H groups in total. The van der Waals surface area contributed by atoms with Crippen molar-refractivity contribution < 1.29 is 4.52 Å². The number of nitrogens with zero attached hydrogens (tertiary/aromatic N) is 1. The topological polar surface area (TPSA) is 26.0 Å². The number of benzene rings is 1. The lowest BCUT2D eigenvalue weighted by atomic mass is 9.87. The van der Waals surface area contributed by atoms with E-state index >= 15 is 0 Å². The SMILES string of the molecule is CC(C)(C)c1ccc2cnoc2c1. The molecule has 0 aliphatic carbocycles. The van der Waals surface area contributed by atoms with E-state index in [0.717, 1.165) is 11.0 Å². The van der Waals surface area contributed by atoms with Crippen LogP contribution in [0.5, 0.6) is 0 Å². The summed E-state index contributed by atoms with van der Waals surface area (Å²) in [5, 5.41) is 4.81. The molecular weight excluding hydrogens is 162 g/mol. The lowest BCUT2D eigenvalue weighted by Crippen LogP contribution is -2.10. The van der Waals surface area contributed by atoms with E-state index in [0.29, 0.717) is 0 Å². The molecule has 0 saturated heterocycles. The second-order valence-corrected chi connectivity index (χ2v) is 4.33. The molecule has 2 heteroatoms. The Hall–Kier alpha value is -1.31. The molecule has 2 rings (SSSR count). The van der Waals surface area contributed by atoms with Gasteiger partial charge in [-0.1, -0.05) is 32.0 Å². The average molecular weight is 175 g/mol. The minimum Gasteiger partial charge on any atom is -0.356 e. The molecule has 0 unspecified atom stereocenters. The highest BCUT2D eigenvalue weighted by atomic mass is 16.5. The first-order valence-corrected chi connectivity index (χ1v) is 4.42. The first-order chi connectivity index (χ1) is 6.07. The van der Waals surface area contributed by atoms with Gasteiger partial charge in [0.05, 0.1) is 6.20 Å². The van der Waals surface area contributed by atoms with Crippen LogP contribution in [0.2, 0.25) is 0 Å². The van der Waals surface area contributed by atoms with Crippen molar-refractivity contribution in [3.63, 3.8) is 0 Å². The van der Waals surface area contributed by atoms with E-state index in [9.17, 15) is 0 Å². The van der Waals surface area contributed by atoms with Crippen molar-refractivity contribution in [1.82, 2.24) is 5.16 Å². The van der Waals surface area contributed by atoms with Gasteiger partial charge >= 0.3 is 0 Å². The number of hydrogen-bond donors (Lipinski definition) is 0. The van der Waals surface area contributed by atoms with Gasteiger partial charge in [0.1, 0.15) is 0 Å². The molecule has 2 aromatic rings. The van der Waals surface area contributed by atoms with Crippen LogP contribution in [-0.4, -0.2) is 5.16 Å². The average Bonchev–Trinajstić information content (AvgIpc) is 2.47. The Balaban J connectivity index is 2.61. The fourth-order valence-electron chi connectivity index (χ4n) is 1.33. The standard InChI is InChI=1S/C11H13NO/c1-11(2,3)9-5-4-8-7-12-13-10(8)6-9/h4-7H,1-3H3. The summed E-state index contributed by atoms with van der Waals surface area (Å²) in [6.07, 6.45) is 1.74. The minimum absolute atomic E-state index is 0.168. The largest absolute Gasteiger partial charge is 0.356 e. The van der Waals surface area contributed by atoms with E-state index < -0.39 is 0 Å². The number of rotatable bonds is 0. The first-order valence-electron chi connectivity index (χ1n) is 4.42. The molecule has 0 radical (unpaired) electrons. The maximum Gasteiger partial charge on any atom is 0.167 e. The smallest absolute Gasteiger partial charge is 0.167 e. The van der Waals surface area contributed by atoms with Crippen LogP contribution in [0.3, 0.4) is 0 Å². The lowest BCUT2D eigenvalue weighted by Gasteiger charge is -2.18. The predicted molar refractivity (Wildman–Crippen MR) is 52.7 cm³/mol. The fourth-order valence-corrected chi connectivity index (χ4v) is 1.33. The summed E-state index contributed by atoms with van der Waals surface area (Å²) < 4.78 is 5.10. The van der Waals surface area contributed by atoms with Crippen LogP contribution in [0.15, 0.2) is 28.9 Å². The van der Waals surface area contributed by atoms with Gasteiger partial charge in [-0.2, -0.15) is 0 Å². The Labute approximate surface area is 77.5 Å². The summed E-state index contributed by atoms with van der Waals surface area (Å²) in [6.45, 7) is 6.56. The number of hydrogen-bond acceptors (Lipinski definition) is 2. The van der Waals surface area contributed by atoms with Crippen molar-refractivity contribution in [3.8, 4) is 0 Å². The minimum atomic E-state index is 0.168. The zero-order valence-electron chi connectivity index (χ0n) is 8.16. The van der Waals surface area contributed by atoms with E-state index in [-0.39, 0.29) is 5.41 Å². The van der Waals surface area contributed by atoms with Crippen molar-refractivity contribution in [3.05, 3.63) is 30.0 Å². The Morgan fingerprint density at radius 1 is 1.23 bits per heavy atom. The van der Waals surface area contributed by atoms with E-state index in [4.69, 9.17) is 4.52 Å². The van der Waals surface area contributed by atoms with Crippen LogP contribution in [0.4, 0.5) is 0 Å². The predicted octanol–water partition coefficient (Wildman–Crippen LogP) is 3.13. The highest BCUT2D eigenvalue weighted by Gasteiger charge is 2.14. The fraction of sp³-hybridized carbons (Fsp3) is 0.364. The summed E-state index contributed by atoms with van der Waals surface area (Å²) in [5.41, 5.74) is 2.31. The van der Waals surface area contributed by atoms with Gasteiger partial charge in [0.15, 0.2) is 5.58 Å². The van der Waals surface area contributed by atoms with Crippen LogP contribution >= 0.6 is 0 Å².